The van der Waals surface area contributed by atoms with E-state index in [2.05, 4.69) is 0 Å². The van der Waals surface area contributed by atoms with Crippen LogP contribution in [0.1, 0.15) is 23.3 Å². The van der Waals surface area contributed by atoms with Crippen molar-refractivity contribution in [3.8, 4) is 0 Å². The molecule has 3 nitrogen and oxygen atoms in total. The molecule has 122 valence electrons. The van der Waals surface area contributed by atoms with Crippen molar-refractivity contribution in [2.24, 2.45) is 5.73 Å². The van der Waals surface area contributed by atoms with Crippen molar-refractivity contribution in [3.05, 3.63) is 36.0 Å². The van der Waals surface area contributed by atoms with E-state index >= 15 is 0 Å². The highest BCUT2D eigenvalue weighted by Crippen LogP contribution is 2.44. The molecular weight excluding hydrogens is 331 g/mol. The Kier molecular flexibility index (Phi) is 4.88. The van der Waals surface area contributed by atoms with Crippen LogP contribution in [0.4, 0.5) is 22.0 Å². The average Bonchev–Trinajstić information content (AvgIpc) is 2.76. The molecule has 0 aliphatic carbocycles. The summed E-state index contributed by atoms with van der Waals surface area (Å²) in [5, 5.41) is 0.0872. The Labute approximate surface area is 128 Å². The molecule has 0 fully saturated rings. The van der Waals surface area contributed by atoms with Gasteiger partial charge in [-0.15, -0.1) is 12.4 Å². The van der Waals surface area contributed by atoms with Gasteiger partial charge in [0.2, 0.25) is 5.91 Å². The second-order valence-corrected chi connectivity index (χ2v) is 4.59. The molecule has 1 heterocycles. The van der Waals surface area contributed by atoms with Gasteiger partial charge in [-0.1, -0.05) is 18.2 Å². The number of nitrogens with two attached hydrogens (primary N) is 1. The van der Waals surface area contributed by atoms with Crippen LogP contribution in [0, 0.1) is 0 Å². The maximum absolute atomic E-state index is 13.4. The molecule has 1 aromatic heterocycles. The molecule has 9 heteroatoms. The van der Waals surface area contributed by atoms with Gasteiger partial charge in [-0.3, -0.25) is 9.36 Å². The zero-order valence-electron chi connectivity index (χ0n) is 11.2. The summed E-state index contributed by atoms with van der Waals surface area (Å²) in [7, 11) is 0. The van der Waals surface area contributed by atoms with Crippen molar-refractivity contribution in [3.63, 3.8) is 0 Å². The molecule has 1 aromatic carbocycles. The Morgan fingerprint density at radius 1 is 1.18 bits per heavy atom. The highest BCUT2D eigenvalue weighted by atomic mass is 35.5. The van der Waals surface area contributed by atoms with Gasteiger partial charge in [0.15, 0.2) is 0 Å². The number of halogens is 6. The van der Waals surface area contributed by atoms with E-state index in [-0.39, 0.29) is 23.3 Å². The SMILES string of the molecule is CC(=O)n1cc([C@H](N)C(F)(F)C(F)(F)F)c2ccccc21.Cl. The smallest absolute Gasteiger partial charge is 0.319 e. The first-order chi connectivity index (χ1) is 9.57. The fourth-order valence-corrected chi connectivity index (χ4v) is 2.09. The lowest BCUT2D eigenvalue weighted by Crippen LogP contribution is -2.45. The fourth-order valence-electron chi connectivity index (χ4n) is 2.09. The molecule has 1 atom stereocenters. The second kappa shape index (κ2) is 5.85. The van der Waals surface area contributed by atoms with E-state index in [1.54, 1.807) is 6.07 Å². The minimum absolute atomic E-state index is 0. The van der Waals surface area contributed by atoms with Crippen molar-refractivity contribution in [1.29, 1.82) is 0 Å². The van der Waals surface area contributed by atoms with Crippen LogP contribution in [0.15, 0.2) is 30.5 Å². The van der Waals surface area contributed by atoms with Gasteiger partial charge in [0, 0.05) is 24.1 Å². The summed E-state index contributed by atoms with van der Waals surface area (Å²) < 4.78 is 65.1. The van der Waals surface area contributed by atoms with Crippen molar-refractivity contribution < 1.29 is 26.7 Å². The zero-order chi connectivity index (χ0) is 16.0. The Hall–Kier alpha value is -1.67. The Morgan fingerprint density at radius 2 is 1.73 bits per heavy atom. The number of hydrogen-bond acceptors (Lipinski definition) is 2. The van der Waals surface area contributed by atoms with Crippen molar-refractivity contribution >= 4 is 29.2 Å². The number of carbonyl (C=O) groups excluding carboxylic acids is 1. The molecule has 0 amide bonds. The van der Waals surface area contributed by atoms with E-state index in [0.717, 1.165) is 10.8 Å². The van der Waals surface area contributed by atoms with Crippen LogP contribution in [0.2, 0.25) is 0 Å². The number of rotatable bonds is 2. The van der Waals surface area contributed by atoms with E-state index in [4.69, 9.17) is 5.73 Å². The molecule has 0 aliphatic heterocycles. The van der Waals surface area contributed by atoms with Crippen LogP contribution >= 0.6 is 12.4 Å². The minimum Gasteiger partial charge on any atom is -0.319 e. The van der Waals surface area contributed by atoms with Gasteiger partial charge in [0.05, 0.1) is 5.52 Å². The first-order valence-electron chi connectivity index (χ1n) is 5.88. The Bertz CT molecular complexity index is 695. The second-order valence-electron chi connectivity index (χ2n) is 4.59. The van der Waals surface area contributed by atoms with Gasteiger partial charge in [-0.2, -0.15) is 22.0 Å². The van der Waals surface area contributed by atoms with E-state index in [9.17, 15) is 26.7 Å². The van der Waals surface area contributed by atoms with E-state index in [0.29, 0.717) is 0 Å². The third-order valence-electron chi connectivity index (χ3n) is 3.19. The van der Waals surface area contributed by atoms with Gasteiger partial charge in [-0.05, 0) is 6.07 Å². The summed E-state index contributed by atoms with van der Waals surface area (Å²) in [6, 6.07) is 3.20. The molecule has 0 saturated carbocycles. The summed E-state index contributed by atoms with van der Waals surface area (Å²) in [4.78, 5) is 11.5. The Morgan fingerprint density at radius 3 is 2.23 bits per heavy atom. The lowest BCUT2D eigenvalue weighted by molar-refractivity contribution is -0.290. The predicted molar refractivity (Wildman–Crippen MR) is 73.4 cm³/mol. The standard InChI is InChI=1S/C13H11F5N2O.ClH/c1-7(21)20-6-9(8-4-2-3-5-10(8)20)11(19)12(14,15)13(16,17)18;/h2-6,11H,19H2,1H3;1H/t11-;/m0./s1. The molecule has 2 aromatic rings. The first kappa shape index (κ1) is 18.4. The van der Waals surface area contributed by atoms with Crippen LogP contribution < -0.4 is 5.73 Å². The zero-order valence-corrected chi connectivity index (χ0v) is 12.0. The molecule has 0 spiro atoms. The highest BCUT2D eigenvalue weighted by Gasteiger charge is 2.62. The number of carbonyl (C=O) groups is 1. The fraction of sp³-hybridized carbons (Fsp3) is 0.308. The lowest BCUT2D eigenvalue weighted by Gasteiger charge is -2.25. The monoisotopic (exact) mass is 342 g/mol. The van der Waals surface area contributed by atoms with Gasteiger partial charge in [-0.25, -0.2) is 0 Å². The number of nitrogens with zero attached hydrogens (tertiary/aromatic N) is 1. The maximum atomic E-state index is 13.4. The molecule has 22 heavy (non-hydrogen) atoms. The predicted octanol–water partition coefficient (Wildman–Crippen LogP) is 3.92. The van der Waals surface area contributed by atoms with Crippen molar-refractivity contribution in [2.75, 3.05) is 0 Å². The third-order valence-corrected chi connectivity index (χ3v) is 3.19. The molecule has 0 saturated heterocycles. The van der Waals surface area contributed by atoms with Crippen LogP contribution in [0.3, 0.4) is 0 Å². The molecule has 0 aliphatic rings. The van der Waals surface area contributed by atoms with Crippen LogP contribution in [0.25, 0.3) is 10.9 Å². The molecular formula is C13H12ClF5N2O. The largest absolute Gasteiger partial charge is 0.455 e. The van der Waals surface area contributed by atoms with Crippen LogP contribution in [-0.2, 0) is 0 Å². The van der Waals surface area contributed by atoms with E-state index in [1.165, 1.54) is 25.1 Å². The Balaban J connectivity index is 0.00000242. The third kappa shape index (κ3) is 2.80. The summed E-state index contributed by atoms with van der Waals surface area (Å²) in [5.41, 5.74) is 4.95. The molecule has 0 unspecified atom stereocenters. The van der Waals surface area contributed by atoms with Gasteiger partial charge < -0.3 is 5.73 Å². The van der Waals surface area contributed by atoms with Gasteiger partial charge in [0.25, 0.3) is 0 Å². The average molecular weight is 343 g/mol. The summed E-state index contributed by atoms with van der Waals surface area (Å²) in [5.74, 6) is -5.61. The summed E-state index contributed by atoms with van der Waals surface area (Å²) in [6.07, 6.45) is -4.84. The van der Waals surface area contributed by atoms with Gasteiger partial charge in [0.1, 0.15) is 6.04 Å². The quantitative estimate of drug-likeness (QED) is 0.841. The number of para-hydroxylation sites is 1. The lowest BCUT2D eigenvalue weighted by atomic mass is 10.0. The topological polar surface area (TPSA) is 48.0 Å². The number of alkyl halides is 5. The number of aromatic nitrogens is 1. The number of benzene rings is 1. The first-order valence-corrected chi connectivity index (χ1v) is 5.88. The maximum Gasteiger partial charge on any atom is 0.455 e. The minimum atomic E-state index is -5.77. The number of hydrogen-bond donors (Lipinski definition) is 1. The molecule has 2 rings (SSSR count). The van der Waals surface area contributed by atoms with Crippen LogP contribution in [-0.4, -0.2) is 22.6 Å². The molecule has 0 bridgehead atoms. The van der Waals surface area contributed by atoms with Crippen LogP contribution in [0.5, 0.6) is 0 Å². The normalized spacial score (nSPS) is 13.8. The van der Waals surface area contributed by atoms with Crippen molar-refractivity contribution in [1.82, 2.24) is 4.57 Å². The van der Waals surface area contributed by atoms with Crippen molar-refractivity contribution in [2.45, 2.75) is 25.1 Å². The highest BCUT2D eigenvalue weighted by molar-refractivity contribution is 5.94. The van der Waals surface area contributed by atoms with E-state index in [1.807, 2.05) is 0 Å². The van der Waals surface area contributed by atoms with E-state index < -0.39 is 29.6 Å². The molecule has 0 radical (unpaired) electrons. The molecule has 2 N–H and O–H groups in total. The summed E-state index contributed by atoms with van der Waals surface area (Å²) in [6.45, 7) is 1.17. The number of fused-ring (bicyclic) bond motifs is 1. The van der Waals surface area contributed by atoms with Gasteiger partial charge >= 0.3 is 12.1 Å². The summed E-state index contributed by atoms with van der Waals surface area (Å²) >= 11 is 0.